The smallest absolute Gasteiger partial charge is 0.00576 e. The van der Waals surface area contributed by atoms with Gasteiger partial charge in [-0.3, -0.25) is 0 Å². The Hall–Kier alpha value is -2.08. The van der Waals surface area contributed by atoms with Crippen molar-refractivity contribution < 1.29 is 0 Å². The van der Waals surface area contributed by atoms with Gasteiger partial charge in [0.25, 0.3) is 0 Å². The average Bonchev–Trinajstić information content (AvgIpc) is 3.25. The largest absolute Gasteiger partial charge is 0.0651 e. The fourth-order valence-electron chi connectivity index (χ4n) is 6.23. The molecule has 0 aromatic heterocycles. The van der Waals surface area contributed by atoms with Crippen LogP contribution in [0.1, 0.15) is 150 Å². The zero-order chi connectivity index (χ0) is 24.9. The van der Waals surface area contributed by atoms with Crippen LogP contribution in [0.5, 0.6) is 0 Å². The number of fused-ring (bicyclic) bond motifs is 2. The minimum atomic E-state index is 0.559. The van der Waals surface area contributed by atoms with Crippen LogP contribution in [-0.4, -0.2) is 0 Å². The molecule has 0 nitrogen and oxygen atoms in total. The van der Waals surface area contributed by atoms with Crippen molar-refractivity contribution in [3.8, 4) is 0 Å². The van der Waals surface area contributed by atoms with Gasteiger partial charge in [-0.2, -0.15) is 0 Å². The van der Waals surface area contributed by atoms with E-state index in [0.717, 1.165) is 25.7 Å². The van der Waals surface area contributed by atoms with Crippen LogP contribution in [0.3, 0.4) is 0 Å². The highest BCUT2D eigenvalue weighted by Crippen LogP contribution is 2.46. The molecule has 0 bridgehead atoms. The summed E-state index contributed by atoms with van der Waals surface area (Å²) in [7, 11) is 0. The molecule has 0 aliphatic heterocycles. The molecule has 0 fully saturated rings. The number of benzene rings is 2. The first kappa shape index (κ1) is 25.0. The van der Waals surface area contributed by atoms with Gasteiger partial charge in [-0.25, -0.2) is 0 Å². The number of hydrogen-bond donors (Lipinski definition) is 0. The first-order valence-electron chi connectivity index (χ1n) is 13.7. The van der Waals surface area contributed by atoms with Crippen LogP contribution < -0.4 is 0 Å². The molecule has 0 atom stereocenters. The molecule has 34 heavy (non-hydrogen) atoms. The minimum absolute atomic E-state index is 0.559. The van der Waals surface area contributed by atoms with Gasteiger partial charge in [0.2, 0.25) is 0 Å². The Morgan fingerprint density at radius 1 is 0.529 bits per heavy atom. The fourth-order valence-corrected chi connectivity index (χ4v) is 6.23. The molecule has 0 saturated heterocycles. The van der Waals surface area contributed by atoms with Gasteiger partial charge in [-0.1, -0.05) is 90.8 Å². The molecular weight excluding hydrogens is 408 g/mol. The second-order valence-electron chi connectivity index (χ2n) is 12.3. The number of hydrogen-bond acceptors (Lipinski definition) is 0. The van der Waals surface area contributed by atoms with Crippen molar-refractivity contribution in [2.45, 2.75) is 119 Å². The Morgan fingerprint density at radius 3 is 1.18 bits per heavy atom. The van der Waals surface area contributed by atoms with E-state index in [1.165, 1.54) is 11.1 Å². The van der Waals surface area contributed by atoms with Crippen molar-refractivity contribution in [2.75, 3.05) is 0 Å². The maximum absolute atomic E-state index is 2.51. The summed E-state index contributed by atoms with van der Waals surface area (Å²) in [6.45, 7) is 23.5. The zero-order valence-corrected chi connectivity index (χ0v) is 23.4. The fraction of sp³-hybridized carbons (Fsp3) is 0.529. The summed E-state index contributed by atoms with van der Waals surface area (Å²) in [5.41, 5.74) is 18.9. The normalized spacial score (nSPS) is 15.6. The van der Waals surface area contributed by atoms with E-state index in [-0.39, 0.29) is 0 Å². The van der Waals surface area contributed by atoms with Gasteiger partial charge in [-0.15, -0.1) is 0 Å². The molecule has 4 rings (SSSR count). The molecule has 182 valence electrons. The average molecular weight is 455 g/mol. The second-order valence-corrected chi connectivity index (χ2v) is 12.3. The van der Waals surface area contributed by atoms with E-state index >= 15 is 0 Å². The molecule has 2 aliphatic rings. The van der Waals surface area contributed by atoms with E-state index in [4.69, 9.17) is 0 Å². The van der Waals surface area contributed by atoms with Crippen molar-refractivity contribution >= 4 is 11.1 Å². The zero-order valence-electron chi connectivity index (χ0n) is 23.4. The molecule has 0 unspecified atom stereocenters. The van der Waals surface area contributed by atoms with Gasteiger partial charge in [0.05, 0.1) is 0 Å². The monoisotopic (exact) mass is 454 g/mol. The van der Waals surface area contributed by atoms with Crippen molar-refractivity contribution in [3.05, 3.63) is 79.9 Å². The summed E-state index contributed by atoms with van der Waals surface area (Å²) in [6, 6.07) is 10.0. The van der Waals surface area contributed by atoms with Crippen molar-refractivity contribution in [2.24, 2.45) is 0 Å². The first-order valence-corrected chi connectivity index (χ1v) is 13.7. The Balaban J connectivity index is 1.70. The SMILES string of the molecule is CC1=C(CCC2=C(C)Cc3cc(C(C)C)cc(C(C)C)c32)c2c(cc(C(C)C)cc2C(C)C)C1. The first-order chi connectivity index (χ1) is 16.0. The van der Waals surface area contributed by atoms with Gasteiger partial charge in [0.1, 0.15) is 0 Å². The Morgan fingerprint density at radius 2 is 0.882 bits per heavy atom. The van der Waals surface area contributed by atoms with E-state index in [9.17, 15) is 0 Å². The van der Waals surface area contributed by atoms with E-state index in [0.29, 0.717) is 23.7 Å². The van der Waals surface area contributed by atoms with Gasteiger partial charge >= 0.3 is 0 Å². The minimum Gasteiger partial charge on any atom is -0.0651 e. The van der Waals surface area contributed by atoms with Crippen LogP contribution >= 0.6 is 0 Å². The molecule has 0 amide bonds. The molecule has 0 N–H and O–H groups in total. The molecule has 2 aromatic rings. The molecule has 0 heterocycles. The topological polar surface area (TPSA) is 0 Å². The predicted molar refractivity (Wildman–Crippen MR) is 151 cm³/mol. The van der Waals surface area contributed by atoms with E-state index < -0.39 is 0 Å². The summed E-state index contributed by atoms with van der Waals surface area (Å²) in [6.07, 6.45) is 4.59. The third kappa shape index (κ3) is 4.46. The van der Waals surface area contributed by atoms with Crippen molar-refractivity contribution in [3.63, 3.8) is 0 Å². The van der Waals surface area contributed by atoms with Gasteiger partial charge in [0.15, 0.2) is 0 Å². The van der Waals surface area contributed by atoms with Crippen molar-refractivity contribution in [1.29, 1.82) is 0 Å². The molecule has 0 radical (unpaired) electrons. The van der Waals surface area contributed by atoms with Crippen LogP contribution in [-0.2, 0) is 12.8 Å². The third-order valence-electron chi connectivity index (χ3n) is 8.29. The van der Waals surface area contributed by atoms with E-state index in [1.54, 1.807) is 55.7 Å². The van der Waals surface area contributed by atoms with Crippen LogP contribution in [0, 0.1) is 0 Å². The Labute approximate surface area is 209 Å². The molecule has 2 aliphatic carbocycles. The summed E-state index contributed by atoms with van der Waals surface area (Å²) < 4.78 is 0. The van der Waals surface area contributed by atoms with Crippen LogP contribution in [0.15, 0.2) is 35.4 Å². The lowest BCUT2D eigenvalue weighted by atomic mass is 9.84. The predicted octanol–water partition coefficient (Wildman–Crippen LogP) is 10.3. The molecule has 0 heteroatoms. The summed E-state index contributed by atoms with van der Waals surface area (Å²) in [4.78, 5) is 0. The van der Waals surface area contributed by atoms with Gasteiger partial charge in [-0.05, 0) is 119 Å². The second kappa shape index (κ2) is 9.52. The van der Waals surface area contributed by atoms with Gasteiger partial charge < -0.3 is 0 Å². The summed E-state index contributed by atoms with van der Waals surface area (Å²) in [5.74, 6) is 2.28. The number of rotatable bonds is 7. The molecule has 0 spiro atoms. The van der Waals surface area contributed by atoms with Gasteiger partial charge in [0, 0.05) is 0 Å². The van der Waals surface area contributed by atoms with Crippen LogP contribution in [0.4, 0.5) is 0 Å². The van der Waals surface area contributed by atoms with E-state index in [1.807, 2.05) is 0 Å². The number of allylic oxidation sites excluding steroid dienone is 4. The van der Waals surface area contributed by atoms with Crippen LogP contribution in [0.2, 0.25) is 0 Å². The highest BCUT2D eigenvalue weighted by atomic mass is 14.3. The highest BCUT2D eigenvalue weighted by Gasteiger charge is 2.28. The highest BCUT2D eigenvalue weighted by molar-refractivity contribution is 5.83. The Bertz CT molecular complexity index is 1070. The lowest BCUT2D eigenvalue weighted by Gasteiger charge is -2.21. The Kier molecular flexibility index (Phi) is 7.01. The maximum atomic E-state index is 2.51. The maximum Gasteiger partial charge on any atom is -0.00576 e. The third-order valence-corrected chi connectivity index (χ3v) is 8.29. The standard InChI is InChI=1S/C34H46/c1-19(2)25-15-27-13-23(9)29(33(27)31(17-25)21(5)6)11-12-30-24(10)14-28-16-26(20(3)4)18-32(22(7)8)34(28)30/h15-22H,11-14H2,1-10H3. The summed E-state index contributed by atoms with van der Waals surface area (Å²) in [5, 5.41) is 0. The lowest BCUT2D eigenvalue weighted by Crippen LogP contribution is -2.02. The molecule has 2 aromatic carbocycles. The molecule has 0 saturated carbocycles. The summed E-state index contributed by atoms with van der Waals surface area (Å²) >= 11 is 0. The quantitative estimate of drug-likeness (QED) is 0.390. The van der Waals surface area contributed by atoms with Crippen molar-refractivity contribution in [1.82, 2.24) is 0 Å². The van der Waals surface area contributed by atoms with Crippen LogP contribution in [0.25, 0.3) is 11.1 Å². The molecular formula is C34H46. The lowest BCUT2D eigenvalue weighted by molar-refractivity contribution is 0.825. The van der Waals surface area contributed by atoms with E-state index in [2.05, 4.69) is 93.5 Å².